The zero-order chi connectivity index (χ0) is 16.1. The van der Waals surface area contributed by atoms with Gasteiger partial charge < -0.3 is 10.5 Å². The smallest absolute Gasteiger partial charge is 0.309 e. The standard InChI is InChI=1S/C18H29NO3/c1-10-14-8-13(18(14,2)3)9-15(10)22-17(21)12-6-4-11(5-7-12)16(19)20/h10-15H,4-9H2,1-3H3,(H2,19,20)/t10-,11?,12?,13-,14-,15+/m1/s1. The van der Waals surface area contributed by atoms with E-state index in [2.05, 4.69) is 20.8 Å². The van der Waals surface area contributed by atoms with Gasteiger partial charge in [0.05, 0.1) is 5.92 Å². The van der Waals surface area contributed by atoms with Crippen LogP contribution in [0.2, 0.25) is 0 Å². The van der Waals surface area contributed by atoms with Gasteiger partial charge in [-0.3, -0.25) is 9.59 Å². The molecule has 4 atom stereocenters. The lowest BCUT2D eigenvalue weighted by Crippen LogP contribution is -2.57. The Bertz CT molecular complexity index is 465. The topological polar surface area (TPSA) is 69.4 Å². The molecule has 22 heavy (non-hydrogen) atoms. The van der Waals surface area contributed by atoms with Crippen LogP contribution in [-0.4, -0.2) is 18.0 Å². The summed E-state index contributed by atoms with van der Waals surface area (Å²) in [5, 5.41) is 0. The van der Waals surface area contributed by atoms with Crippen LogP contribution in [0, 0.1) is 35.0 Å². The van der Waals surface area contributed by atoms with Gasteiger partial charge in [0.1, 0.15) is 6.10 Å². The Labute approximate surface area is 133 Å². The summed E-state index contributed by atoms with van der Waals surface area (Å²) in [5.74, 6) is 1.51. The molecule has 4 saturated carbocycles. The Balaban J connectivity index is 1.52. The van der Waals surface area contributed by atoms with Crippen LogP contribution in [0.1, 0.15) is 59.3 Å². The average molecular weight is 307 g/mol. The fourth-order valence-corrected chi connectivity index (χ4v) is 5.12. The van der Waals surface area contributed by atoms with Crippen molar-refractivity contribution in [1.29, 1.82) is 0 Å². The van der Waals surface area contributed by atoms with Crippen molar-refractivity contribution in [3.05, 3.63) is 0 Å². The number of primary amides is 1. The van der Waals surface area contributed by atoms with Crippen LogP contribution in [0.5, 0.6) is 0 Å². The molecule has 124 valence electrons. The van der Waals surface area contributed by atoms with Crippen molar-refractivity contribution in [2.75, 3.05) is 0 Å². The van der Waals surface area contributed by atoms with Gasteiger partial charge in [0.2, 0.25) is 5.91 Å². The first-order valence-electron chi connectivity index (χ1n) is 8.80. The average Bonchev–Trinajstić information content (AvgIpc) is 2.48. The molecule has 2 N–H and O–H groups in total. The van der Waals surface area contributed by atoms with E-state index in [0.29, 0.717) is 23.2 Å². The number of esters is 1. The molecule has 1 amide bonds. The molecule has 4 aliphatic rings. The molecule has 0 aromatic heterocycles. The van der Waals surface area contributed by atoms with E-state index in [1.807, 2.05) is 0 Å². The summed E-state index contributed by atoms with van der Waals surface area (Å²) in [4.78, 5) is 23.6. The van der Waals surface area contributed by atoms with Crippen molar-refractivity contribution in [3.8, 4) is 0 Å². The highest BCUT2D eigenvalue weighted by Crippen LogP contribution is 2.61. The summed E-state index contributed by atoms with van der Waals surface area (Å²) < 4.78 is 5.88. The van der Waals surface area contributed by atoms with Crippen molar-refractivity contribution in [3.63, 3.8) is 0 Å². The van der Waals surface area contributed by atoms with Gasteiger partial charge in [-0.2, -0.15) is 0 Å². The minimum absolute atomic E-state index is 0.0333. The maximum Gasteiger partial charge on any atom is 0.309 e. The third-order valence-corrected chi connectivity index (χ3v) is 7.01. The normalized spacial score (nSPS) is 43.0. The Morgan fingerprint density at radius 2 is 1.64 bits per heavy atom. The molecule has 0 radical (unpaired) electrons. The minimum atomic E-state index is -0.227. The van der Waals surface area contributed by atoms with Crippen molar-refractivity contribution in [2.24, 2.45) is 40.7 Å². The Hall–Kier alpha value is -1.06. The molecular weight excluding hydrogens is 278 g/mol. The lowest BCUT2D eigenvalue weighted by molar-refractivity contribution is -0.190. The Kier molecular flexibility index (Phi) is 3.98. The largest absolute Gasteiger partial charge is 0.462 e. The molecule has 4 aliphatic carbocycles. The van der Waals surface area contributed by atoms with Gasteiger partial charge in [-0.15, -0.1) is 0 Å². The highest BCUT2D eigenvalue weighted by Gasteiger charge is 2.57. The van der Waals surface area contributed by atoms with Gasteiger partial charge in [-0.05, 0) is 61.7 Å². The number of ether oxygens (including phenoxy) is 1. The number of carbonyl (C=O) groups is 2. The third kappa shape index (κ3) is 2.55. The van der Waals surface area contributed by atoms with Crippen LogP contribution < -0.4 is 5.73 Å². The SMILES string of the molecule is C[C@H]1[C@@H](OC(=O)C2CCC(C(N)=O)CC2)C[C@H]2C[C@H]1C2(C)C. The molecule has 0 aliphatic heterocycles. The molecule has 0 heterocycles. The molecule has 2 bridgehead atoms. The van der Waals surface area contributed by atoms with Gasteiger partial charge in [-0.25, -0.2) is 0 Å². The third-order valence-electron chi connectivity index (χ3n) is 7.01. The first kappa shape index (κ1) is 15.8. The number of hydrogen-bond acceptors (Lipinski definition) is 3. The van der Waals surface area contributed by atoms with E-state index in [4.69, 9.17) is 10.5 Å². The molecule has 0 aromatic rings. The number of amides is 1. The van der Waals surface area contributed by atoms with Gasteiger partial charge in [0, 0.05) is 5.92 Å². The van der Waals surface area contributed by atoms with E-state index in [1.165, 1.54) is 6.42 Å². The molecule has 0 unspecified atom stereocenters. The highest BCUT2D eigenvalue weighted by atomic mass is 16.5. The van der Waals surface area contributed by atoms with Crippen molar-refractivity contribution in [2.45, 2.75) is 65.4 Å². The first-order chi connectivity index (χ1) is 10.3. The maximum absolute atomic E-state index is 12.4. The summed E-state index contributed by atoms with van der Waals surface area (Å²) in [5.41, 5.74) is 5.77. The van der Waals surface area contributed by atoms with Gasteiger partial charge in [0.25, 0.3) is 0 Å². The summed E-state index contributed by atoms with van der Waals surface area (Å²) in [6, 6.07) is 0. The van der Waals surface area contributed by atoms with Crippen LogP contribution in [0.4, 0.5) is 0 Å². The minimum Gasteiger partial charge on any atom is -0.462 e. The van der Waals surface area contributed by atoms with Crippen LogP contribution in [0.25, 0.3) is 0 Å². The van der Waals surface area contributed by atoms with Gasteiger partial charge >= 0.3 is 5.97 Å². The fraction of sp³-hybridized carbons (Fsp3) is 0.889. The zero-order valence-corrected chi connectivity index (χ0v) is 14.0. The summed E-state index contributed by atoms with van der Waals surface area (Å²) in [7, 11) is 0. The number of nitrogens with two attached hydrogens (primary N) is 1. The second-order valence-corrected chi connectivity index (χ2v) is 8.38. The molecule has 4 fully saturated rings. The van der Waals surface area contributed by atoms with E-state index in [1.54, 1.807) is 0 Å². The zero-order valence-electron chi connectivity index (χ0n) is 14.0. The molecule has 0 saturated heterocycles. The van der Waals surface area contributed by atoms with Crippen molar-refractivity contribution in [1.82, 2.24) is 0 Å². The number of carbonyl (C=O) groups excluding carboxylic acids is 2. The monoisotopic (exact) mass is 307 g/mol. The fourth-order valence-electron chi connectivity index (χ4n) is 5.12. The highest BCUT2D eigenvalue weighted by molar-refractivity contribution is 5.77. The van der Waals surface area contributed by atoms with E-state index in [0.717, 1.165) is 32.1 Å². The molecular formula is C18H29NO3. The second-order valence-electron chi connectivity index (χ2n) is 8.38. The number of fused-ring (bicyclic) bond motifs is 2. The van der Waals surface area contributed by atoms with Crippen LogP contribution in [-0.2, 0) is 14.3 Å². The predicted molar refractivity (Wildman–Crippen MR) is 83.7 cm³/mol. The van der Waals surface area contributed by atoms with Gasteiger partial charge in [0.15, 0.2) is 0 Å². The molecule has 4 rings (SSSR count). The van der Waals surface area contributed by atoms with Crippen molar-refractivity contribution < 1.29 is 14.3 Å². The summed E-state index contributed by atoms with van der Waals surface area (Å²) in [6.07, 6.45) is 5.36. The maximum atomic E-state index is 12.4. The quantitative estimate of drug-likeness (QED) is 0.815. The molecule has 4 nitrogen and oxygen atoms in total. The Morgan fingerprint density at radius 3 is 2.14 bits per heavy atom. The van der Waals surface area contributed by atoms with E-state index >= 15 is 0 Å². The number of rotatable bonds is 3. The van der Waals surface area contributed by atoms with Crippen molar-refractivity contribution >= 4 is 11.9 Å². The first-order valence-corrected chi connectivity index (χ1v) is 8.80. The van der Waals surface area contributed by atoms with E-state index in [9.17, 15) is 9.59 Å². The van der Waals surface area contributed by atoms with Crippen LogP contribution >= 0.6 is 0 Å². The van der Waals surface area contributed by atoms with Crippen LogP contribution in [0.3, 0.4) is 0 Å². The molecule has 0 aromatic carbocycles. The lowest BCUT2D eigenvalue weighted by Gasteiger charge is -2.61. The lowest BCUT2D eigenvalue weighted by atomic mass is 9.45. The molecule has 4 heteroatoms. The predicted octanol–water partition coefficient (Wildman–Crippen LogP) is 2.89. The van der Waals surface area contributed by atoms with Gasteiger partial charge in [-0.1, -0.05) is 20.8 Å². The van der Waals surface area contributed by atoms with E-state index < -0.39 is 0 Å². The summed E-state index contributed by atoms with van der Waals surface area (Å²) >= 11 is 0. The molecule has 0 spiro atoms. The van der Waals surface area contributed by atoms with Crippen LogP contribution in [0.15, 0.2) is 0 Å². The Morgan fingerprint density at radius 1 is 1.05 bits per heavy atom. The summed E-state index contributed by atoms with van der Waals surface area (Å²) in [6.45, 7) is 6.95. The number of hydrogen-bond donors (Lipinski definition) is 1. The second kappa shape index (κ2) is 5.54. The van der Waals surface area contributed by atoms with E-state index in [-0.39, 0.29) is 29.8 Å².